The van der Waals surface area contributed by atoms with Crippen molar-refractivity contribution >= 4 is 64.2 Å². The van der Waals surface area contributed by atoms with Crippen molar-refractivity contribution in [1.82, 2.24) is 15.0 Å². The molecular weight excluding hydrogens is 679 g/mol. The molecule has 11 aromatic rings. The number of nitrogens with zero attached hydrogens (tertiary/aromatic N) is 3. The summed E-state index contributed by atoms with van der Waals surface area (Å²) in [7, 11) is 0. The van der Waals surface area contributed by atoms with Gasteiger partial charge in [0, 0.05) is 47.6 Å². The van der Waals surface area contributed by atoms with Gasteiger partial charge in [-0.1, -0.05) is 133 Å². The summed E-state index contributed by atoms with van der Waals surface area (Å²) in [6, 6.07) is 61.6. The minimum Gasteiger partial charge on any atom is -0.456 e. The van der Waals surface area contributed by atoms with Crippen LogP contribution in [0.3, 0.4) is 0 Å². The third kappa shape index (κ3) is 5.17. The molecule has 4 nitrogen and oxygen atoms in total. The Bertz CT molecular complexity index is 3220. The molecule has 0 aliphatic heterocycles. The van der Waals surface area contributed by atoms with Gasteiger partial charge in [-0.2, -0.15) is 0 Å². The molecule has 0 N–H and O–H groups in total. The van der Waals surface area contributed by atoms with Crippen LogP contribution in [0, 0.1) is 0 Å². The fraction of sp³-hybridized carbons (Fsp3) is 0. The summed E-state index contributed by atoms with van der Waals surface area (Å²) in [5.41, 5.74) is 8.95. The van der Waals surface area contributed by atoms with Gasteiger partial charge in [-0.05, 0) is 75.5 Å². The van der Waals surface area contributed by atoms with Crippen molar-refractivity contribution in [2.45, 2.75) is 0 Å². The van der Waals surface area contributed by atoms with E-state index in [0.717, 1.165) is 60.7 Å². The van der Waals surface area contributed by atoms with Crippen molar-refractivity contribution in [3.63, 3.8) is 0 Å². The molecule has 0 atom stereocenters. The van der Waals surface area contributed by atoms with E-state index in [1.807, 2.05) is 29.5 Å². The Morgan fingerprint density at radius 1 is 0.352 bits per heavy atom. The number of aromatic nitrogens is 3. The maximum atomic E-state index is 6.58. The van der Waals surface area contributed by atoms with Crippen molar-refractivity contribution in [2.75, 3.05) is 0 Å². The van der Waals surface area contributed by atoms with Crippen molar-refractivity contribution < 1.29 is 4.42 Å². The first kappa shape index (κ1) is 30.7. The van der Waals surface area contributed by atoms with Crippen molar-refractivity contribution in [3.05, 3.63) is 176 Å². The first-order valence-electron chi connectivity index (χ1n) is 18.0. The lowest BCUT2D eigenvalue weighted by Gasteiger charge is -2.10. The fourth-order valence-corrected chi connectivity index (χ4v) is 8.71. The van der Waals surface area contributed by atoms with Crippen LogP contribution in [0.5, 0.6) is 0 Å². The molecule has 0 saturated heterocycles. The van der Waals surface area contributed by atoms with Gasteiger partial charge < -0.3 is 4.42 Å². The zero-order valence-corrected chi connectivity index (χ0v) is 29.7. The number of benzene rings is 8. The summed E-state index contributed by atoms with van der Waals surface area (Å²) in [5.74, 6) is 1.84. The zero-order chi connectivity index (χ0) is 35.6. The molecule has 0 bridgehead atoms. The van der Waals surface area contributed by atoms with Gasteiger partial charge in [-0.3, -0.25) is 0 Å². The third-order valence-corrected chi connectivity index (χ3v) is 11.5. The molecule has 8 aromatic carbocycles. The summed E-state index contributed by atoms with van der Waals surface area (Å²) < 4.78 is 9.18. The number of fused-ring (bicyclic) bond motifs is 7. The van der Waals surface area contributed by atoms with Gasteiger partial charge in [-0.25, -0.2) is 15.0 Å². The largest absolute Gasteiger partial charge is 0.456 e. The molecule has 0 amide bonds. The van der Waals surface area contributed by atoms with Crippen LogP contribution >= 0.6 is 11.3 Å². The average Bonchev–Trinajstić information content (AvgIpc) is 3.81. The van der Waals surface area contributed by atoms with Gasteiger partial charge in [0.25, 0.3) is 0 Å². The van der Waals surface area contributed by atoms with Crippen LogP contribution in [0.25, 0.3) is 109 Å². The maximum absolute atomic E-state index is 6.58. The molecule has 0 saturated carbocycles. The molecule has 0 radical (unpaired) electrons. The van der Waals surface area contributed by atoms with Crippen molar-refractivity contribution in [2.24, 2.45) is 0 Å². The Labute approximate surface area is 314 Å². The lowest BCUT2D eigenvalue weighted by Crippen LogP contribution is -2.00. The lowest BCUT2D eigenvalue weighted by atomic mass is 10.00. The van der Waals surface area contributed by atoms with E-state index in [0.29, 0.717) is 17.5 Å². The fourth-order valence-electron chi connectivity index (χ4n) is 7.62. The first-order chi connectivity index (χ1) is 26.7. The Morgan fingerprint density at radius 2 is 1.00 bits per heavy atom. The van der Waals surface area contributed by atoms with Crippen molar-refractivity contribution in [1.29, 1.82) is 0 Å². The molecule has 0 fully saturated rings. The maximum Gasteiger partial charge on any atom is 0.164 e. The summed E-state index contributed by atoms with van der Waals surface area (Å²) in [6.45, 7) is 0. The Hall–Kier alpha value is -6.95. The van der Waals surface area contributed by atoms with E-state index in [1.165, 1.54) is 31.1 Å². The Kier molecular flexibility index (Phi) is 7.00. The van der Waals surface area contributed by atoms with Crippen LogP contribution in [0.1, 0.15) is 0 Å². The number of hydrogen-bond donors (Lipinski definition) is 0. The van der Waals surface area contributed by atoms with Crippen LogP contribution in [0.2, 0.25) is 0 Å². The number of rotatable bonds is 5. The molecule has 0 spiro atoms. The molecule has 54 heavy (non-hydrogen) atoms. The van der Waals surface area contributed by atoms with E-state index < -0.39 is 0 Å². The van der Waals surface area contributed by atoms with E-state index >= 15 is 0 Å². The molecule has 252 valence electrons. The number of hydrogen-bond acceptors (Lipinski definition) is 5. The molecular formula is C49H29N3OS. The molecule has 11 rings (SSSR count). The average molecular weight is 708 g/mol. The highest BCUT2D eigenvalue weighted by atomic mass is 32.1. The molecule has 3 aromatic heterocycles. The third-order valence-electron chi connectivity index (χ3n) is 10.3. The molecule has 0 unspecified atom stereocenters. The minimum atomic E-state index is 0.599. The van der Waals surface area contributed by atoms with E-state index in [2.05, 4.69) is 158 Å². The normalized spacial score (nSPS) is 11.7. The summed E-state index contributed by atoms with van der Waals surface area (Å²) in [4.78, 5) is 15.4. The highest BCUT2D eigenvalue weighted by molar-refractivity contribution is 7.25. The summed E-state index contributed by atoms with van der Waals surface area (Å²) in [6.07, 6.45) is 0. The van der Waals surface area contributed by atoms with Gasteiger partial charge in [0.15, 0.2) is 17.5 Å². The summed E-state index contributed by atoms with van der Waals surface area (Å²) >= 11 is 1.83. The van der Waals surface area contributed by atoms with Gasteiger partial charge in [0.1, 0.15) is 11.2 Å². The van der Waals surface area contributed by atoms with Crippen molar-refractivity contribution in [3.8, 4) is 56.4 Å². The smallest absolute Gasteiger partial charge is 0.164 e. The van der Waals surface area contributed by atoms with E-state index in [9.17, 15) is 0 Å². The van der Waals surface area contributed by atoms with Crippen LogP contribution in [-0.2, 0) is 0 Å². The minimum absolute atomic E-state index is 0.599. The standard InChI is InChI=1S/C49H29N3OS/c1-2-9-30(10-3-1)32-17-20-33(21-18-32)47-50-48(37-22-19-31-11-4-5-12-34(31)27-37)52-49(51-47)40-14-8-15-42-46(40)39-25-23-36(29-43(39)53-42)35-24-26-45-41(28-35)38-13-6-7-16-44(38)54-45/h1-29H. The Morgan fingerprint density at radius 3 is 1.89 bits per heavy atom. The zero-order valence-electron chi connectivity index (χ0n) is 28.9. The first-order valence-corrected chi connectivity index (χ1v) is 18.8. The molecule has 3 heterocycles. The topological polar surface area (TPSA) is 51.8 Å². The van der Waals surface area contributed by atoms with Gasteiger partial charge in [-0.15, -0.1) is 11.3 Å². The Balaban J connectivity index is 1.06. The quantitative estimate of drug-likeness (QED) is 0.179. The van der Waals surface area contributed by atoms with Gasteiger partial charge in [0.05, 0.1) is 0 Å². The molecule has 0 aliphatic carbocycles. The van der Waals surface area contributed by atoms with E-state index in [1.54, 1.807) is 0 Å². The molecule has 5 heteroatoms. The monoisotopic (exact) mass is 707 g/mol. The van der Waals surface area contributed by atoms with Crippen LogP contribution in [0.4, 0.5) is 0 Å². The predicted octanol–water partition coefficient (Wildman–Crippen LogP) is 13.6. The number of thiophene rings is 1. The second-order valence-electron chi connectivity index (χ2n) is 13.6. The highest BCUT2D eigenvalue weighted by Crippen LogP contribution is 2.40. The SMILES string of the molecule is c1ccc(-c2ccc(-c3nc(-c4ccc5ccccc5c4)nc(-c4cccc5oc6cc(-c7ccc8sc9ccccc9c8c7)ccc6c45)n3)cc2)cc1. The van der Waals surface area contributed by atoms with Gasteiger partial charge >= 0.3 is 0 Å². The predicted molar refractivity (Wildman–Crippen MR) is 225 cm³/mol. The van der Waals surface area contributed by atoms with E-state index in [4.69, 9.17) is 19.4 Å². The van der Waals surface area contributed by atoms with Gasteiger partial charge in [0.2, 0.25) is 0 Å². The van der Waals surface area contributed by atoms with E-state index in [-0.39, 0.29) is 0 Å². The second-order valence-corrected chi connectivity index (χ2v) is 14.7. The second kappa shape index (κ2) is 12.3. The van der Waals surface area contributed by atoms with Crippen LogP contribution < -0.4 is 0 Å². The molecule has 0 aliphatic rings. The lowest BCUT2D eigenvalue weighted by molar-refractivity contribution is 0.669. The van der Waals surface area contributed by atoms with Crippen LogP contribution in [0.15, 0.2) is 180 Å². The van der Waals surface area contributed by atoms with Crippen LogP contribution in [-0.4, -0.2) is 15.0 Å². The number of furan rings is 1. The summed E-state index contributed by atoms with van der Waals surface area (Å²) in [5, 5.41) is 6.89. The highest BCUT2D eigenvalue weighted by Gasteiger charge is 2.19.